The molecule has 0 saturated heterocycles. The van der Waals surface area contributed by atoms with E-state index in [9.17, 15) is 13.2 Å². The minimum absolute atomic E-state index is 0.251. The van der Waals surface area contributed by atoms with Gasteiger partial charge in [-0.05, 0) is 29.8 Å². The van der Waals surface area contributed by atoms with E-state index < -0.39 is 10.1 Å². The second kappa shape index (κ2) is 8.89. The maximum Gasteiger partial charge on any atom is 0.261 e. The molecule has 8 heteroatoms. The molecule has 0 aliphatic heterocycles. The number of benzene rings is 3. The number of fused-ring (bicyclic) bond motifs is 2. The lowest BCUT2D eigenvalue weighted by molar-refractivity contribution is -0.117. The van der Waals surface area contributed by atoms with Crippen molar-refractivity contribution in [2.24, 2.45) is 5.73 Å². The SMILES string of the molecule is CS(=O)(=O)O.NC(=O)Cc1ccc(Nc2c3ccccc3nc3ccccc23)cc1. The molecule has 4 N–H and O–H groups in total. The molecule has 0 bridgehead atoms. The van der Waals surface area contributed by atoms with Gasteiger partial charge in [-0.1, -0.05) is 48.5 Å². The third kappa shape index (κ3) is 5.76. The predicted molar refractivity (Wildman–Crippen MR) is 119 cm³/mol. The molecule has 0 spiro atoms. The van der Waals surface area contributed by atoms with E-state index >= 15 is 0 Å². The van der Waals surface area contributed by atoms with Crippen LogP contribution in [0.25, 0.3) is 21.8 Å². The number of anilines is 2. The Labute approximate surface area is 174 Å². The number of nitrogens with zero attached hydrogens (tertiary/aromatic N) is 1. The normalized spacial score (nSPS) is 11.0. The molecule has 0 fully saturated rings. The zero-order valence-electron chi connectivity index (χ0n) is 16.2. The smallest absolute Gasteiger partial charge is 0.261 e. The molecule has 30 heavy (non-hydrogen) atoms. The summed E-state index contributed by atoms with van der Waals surface area (Å²) in [6.45, 7) is 0. The number of carbonyl (C=O) groups is 1. The molecular weight excluding hydrogens is 402 g/mol. The van der Waals surface area contributed by atoms with E-state index in [1.807, 2.05) is 60.7 Å². The minimum Gasteiger partial charge on any atom is -0.369 e. The van der Waals surface area contributed by atoms with Crippen molar-refractivity contribution in [3.63, 3.8) is 0 Å². The van der Waals surface area contributed by atoms with Crippen molar-refractivity contribution in [3.05, 3.63) is 78.4 Å². The van der Waals surface area contributed by atoms with Crippen molar-refractivity contribution in [1.82, 2.24) is 4.98 Å². The largest absolute Gasteiger partial charge is 0.369 e. The number of primary amides is 1. The van der Waals surface area contributed by atoms with Crippen LogP contribution < -0.4 is 11.1 Å². The Morgan fingerprint density at radius 1 is 0.933 bits per heavy atom. The van der Waals surface area contributed by atoms with Crippen LogP contribution in [-0.2, 0) is 21.3 Å². The van der Waals surface area contributed by atoms with Gasteiger partial charge in [-0.15, -0.1) is 0 Å². The summed E-state index contributed by atoms with van der Waals surface area (Å²) in [5.74, 6) is -0.327. The first-order valence-electron chi connectivity index (χ1n) is 9.05. The number of nitrogens with two attached hydrogens (primary N) is 1. The van der Waals surface area contributed by atoms with Gasteiger partial charge in [-0.25, -0.2) is 4.98 Å². The topological polar surface area (TPSA) is 122 Å². The first-order valence-corrected chi connectivity index (χ1v) is 10.9. The summed E-state index contributed by atoms with van der Waals surface area (Å²) in [4.78, 5) is 15.8. The molecule has 0 unspecified atom stereocenters. The van der Waals surface area contributed by atoms with Crippen LogP contribution in [0.1, 0.15) is 5.56 Å². The van der Waals surface area contributed by atoms with E-state index in [0.29, 0.717) is 6.26 Å². The number of pyridine rings is 1. The number of amides is 1. The third-order valence-electron chi connectivity index (χ3n) is 4.19. The van der Waals surface area contributed by atoms with Crippen molar-refractivity contribution in [1.29, 1.82) is 0 Å². The Hall–Kier alpha value is -3.49. The van der Waals surface area contributed by atoms with Crippen molar-refractivity contribution >= 4 is 49.2 Å². The number of para-hydroxylation sites is 2. The summed E-state index contributed by atoms with van der Waals surface area (Å²) in [5.41, 5.74) is 10.0. The van der Waals surface area contributed by atoms with E-state index in [1.165, 1.54) is 0 Å². The molecule has 1 amide bonds. The number of nitrogens with one attached hydrogen (secondary N) is 1. The Morgan fingerprint density at radius 2 is 1.40 bits per heavy atom. The molecule has 4 rings (SSSR count). The Bertz CT molecular complexity index is 1240. The first-order chi connectivity index (χ1) is 14.2. The van der Waals surface area contributed by atoms with Crippen molar-refractivity contribution < 1.29 is 17.8 Å². The van der Waals surface area contributed by atoms with Gasteiger partial charge in [0.1, 0.15) is 0 Å². The summed E-state index contributed by atoms with van der Waals surface area (Å²) < 4.78 is 25.9. The maximum atomic E-state index is 11.0. The van der Waals surface area contributed by atoms with Gasteiger partial charge in [0.2, 0.25) is 5.91 Å². The van der Waals surface area contributed by atoms with Crippen LogP contribution in [0.3, 0.4) is 0 Å². The Kier molecular flexibility index (Phi) is 6.29. The van der Waals surface area contributed by atoms with E-state index in [1.54, 1.807) is 0 Å². The van der Waals surface area contributed by atoms with Crippen molar-refractivity contribution in [2.75, 3.05) is 11.6 Å². The van der Waals surface area contributed by atoms with Gasteiger partial charge < -0.3 is 11.1 Å². The number of hydrogen-bond acceptors (Lipinski definition) is 5. The van der Waals surface area contributed by atoms with Crippen LogP contribution >= 0.6 is 0 Å². The van der Waals surface area contributed by atoms with Gasteiger partial charge in [0.15, 0.2) is 0 Å². The lowest BCUT2D eigenvalue weighted by Crippen LogP contribution is -2.13. The molecule has 1 heterocycles. The lowest BCUT2D eigenvalue weighted by Gasteiger charge is -2.13. The standard InChI is InChI=1S/C21H17N3O.CH4O3S/c22-20(25)13-14-9-11-15(12-10-14)23-21-16-5-1-3-7-18(16)24-19-8-4-2-6-17(19)21;1-5(2,3)4/h1-12H,13H2,(H2,22,25)(H,23,24);1H3,(H,2,3,4). The lowest BCUT2D eigenvalue weighted by atomic mass is 10.1. The fraction of sp³-hybridized carbons (Fsp3) is 0.0909. The average molecular weight is 423 g/mol. The first kappa shape index (κ1) is 21.2. The minimum atomic E-state index is -3.67. The summed E-state index contributed by atoms with van der Waals surface area (Å²) in [7, 11) is -3.67. The van der Waals surface area contributed by atoms with Gasteiger partial charge in [0.05, 0.1) is 29.4 Å². The summed E-state index contributed by atoms with van der Waals surface area (Å²) in [6.07, 6.45) is 0.967. The highest BCUT2D eigenvalue weighted by atomic mass is 32.2. The number of rotatable bonds is 4. The highest BCUT2D eigenvalue weighted by Crippen LogP contribution is 2.32. The molecule has 1 aromatic heterocycles. The zero-order chi connectivity index (χ0) is 21.7. The molecular formula is C22H21N3O4S. The molecule has 0 atom stereocenters. The van der Waals surface area contributed by atoms with Crippen LogP contribution in [0.15, 0.2) is 72.8 Å². The van der Waals surface area contributed by atoms with E-state index in [0.717, 1.165) is 38.7 Å². The fourth-order valence-electron chi connectivity index (χ4n) is 3.03. The summed E-state index contributed by atoms with van der Waals surface area (Å²) in [6, 6.07) is 23.9. The molecule has 0 saturated carbocycles. The monoisotopic (exact) mass is 423 g/mol. The Balaban J connectivity index is 0.000000461. The van der Waals surface area contributed by atoms with Crippen molar-refractivity contribution in [2.45, 2.75) is 6.42 Å². The van der Waals surface area contributed by atoms with Crippen LogP contribution in [0.4, 0.5) is 11.4 Å². The fourth-order valence-corrected chi connectivity index (χ4v) is 3.03. The third-order valence-corrected chi connectivity index (χ3v) is 4.19. The van der Waals surface area contributed by atoms with Crippen LogP contribution in [-0.4, -0.2) is 30.1 Å². The van der Waals surface area contributed by atoms with Gasteiger partial charge >= 0.3 is 0 Å². The molecule has 0 aliphatic carbocycles. The second-order valence-electron chi connectivity index (χ2n) is 6.72. The van der Waals surface area contributed by atoms with Gasteiger partial charge in [-0.2, -0.15) is 8.42 Å². The van der Waals surface area contributed by atoms with E-state index in [-0.39, 0.29) is 12.3 Å². The molecule has 3 aromatic carbocycles. The average Bonchev–Trinajstić information content (AvgIpc) is 2.67. The van der Waals surface area contributed by atoms with E-state index in [2.05, 4.69) is 17.4 Å². The Morgan fingerprint density at radius 3 is 1.87 bits per heavy atom. The quantitative estimate of drug-likeness (QED) is 0.340. The molecule has 7 nitrogen and oxygen atoms in total. The maximum absolute atomic E-state index is 11.0. The number of hydrogen-bond donors (Lipinski definition) is 3. The summed E-state index contributed by atoms with van der Waals surface area (Å²) >= 11 is 0. The van der Waals surface area contributed by atoms with Crippen molar-refractivity contribution in [3.8, 4) is 0 Å². The van der Waals surface area contributed by atoms with Crippen LogP contribution in [0, 0.1) is 0 Å². The molecule has 0 radical (unpaired) electrons. The second-order valence-corrected chi connectivity index (χ2v) is 8.19. The van der Waals surface area contributed by atoms with Crippen LogP contribution in [0.5, 0.6) is 0 Å². The summed E-state index contributed by atoms with van der Waals surface area (Å²) in [5, 5.41) is 5.66. The molecule has 4 aromatic rings. The predicted octanol–water partition coefficient (Wildman–Crippen LogP) is 3.66. The zero-order valence-corrected chi connectivity index (χ0v) is 17.1. The van der Waals surface area contributed by atoms with Gasteiger partial charge in [0.25, 0.3) is 10.1 Å². The molecule has 0 aliphatic rings. The van der Waals surface area contributed by atoms with Gasteiger partial charge in [-0.3, -0.25) is 9.35 Å². The van der Waals surface area contributed by atoms with Crippen LogP contribution in [0.2, 0.25) is 0 Å². The van der Waals surface area contributed by atoms with E-state index in [4.69, 9.17) is 15.3 Å². The highest BCUT2D eigenvalue weighted by molar-refractivity contribution is 7.85. The van der Waals surface area contributed by atoms with Gasteiger partial charge in [0, 0.05) is 16.5 Å². The molecule has 154 valence electrons. The highest BCUT2D eigenvalue weighted by Gasteiger charge is 2.09. The number of aromatic nitrogens is 1. The number of carbonyl (C=O) groups excluding carboxylic acids is 1.